The number of piperidine rings is 1. The highest BCUT2D eigenvalue weighted by Gasteiger charge is 2.55. The Bertz CT molecular complexity index is 1090. The summed E-state index contributed by atoms with van der Waals surface area (Å²) in [5.41, 5.74) is 2.41. The summed E-state index contributed by atoms with van der Waals surface area (Å²) in [6.07, 6.45) is 4.57. The second-order valence-electron chi connectivity index (χ2n) is 11.0. The maximum atomic E-state index is 12.8. The Morgan fingerprint density at radius 2 is 1.94 bits per heavy atom. The standard InChI is InChI=1S/C27H35N3O4/c1-16-9-19-12-28-24(29-26(32)25-20-5-8-33-13-22(20)25)11-18(19)10-21(16)17-3-6-30(7-4-17)27(2)15-34-14-23(27)31/h9-12,17,20,22-23,25,31H,3-8,13-15H2,1-2H3,(H,28,29,32). The molecule has 1 aliphatic carbocycles. The van der Waals surface area contributed by atoms with Gasteiger partial charge in [-0.1, -0.05) is 6.07 Å². The van der Waals surface area contributed by atoms with Crippen LogP contribution in [0.2, 0.25) is 0 Å². The van der Waals surface area contributed by atoms with Crippen LogP contribution in [0.1, 0.15) is 43.2 Å². The molecule has 0 radical (unpaired) electrons. The quantitative estimate of drug-likeness (QED) is 0.722. The molecule has 0 bridgehead atoms. The number of fused-ring (bicyclic) bond motifs is 2. The largest absolute Gasteiger partial charge is 0.389 e. The fraction of sp³-hybridized carbons (Fsp3) is 0.630. The molecular formula is C27H35N3O4. The van der Waals surface area contributed by atoms with Crippen molar-refractivity contribution in [2.24, 2.45) is 17.8 Å². The first-order valence-electron chi connectivity index (χ1n) is 12.7. The molecule has 3 saturated heterocycles. The number of nitrogens with one attached hydrogen (secondary N) is 1. The number of aryl methyl sites for hydroxylation is 1. The maximum absolute atomic E-state index is 12.8. The van der Waals surface area contributed by atoms with Gasteiger partial charge < -0.3 is 19.9 Å². The third-order valence-corrected chi connectivity index (χ3v) is 8.94. The van der Waals surface area contributed by atoms with Crippen LogP contribution in [-0.2, 0) is 14.3 Å². The van der Waals surface area contributed by atoms with E-state index in [1.165, 1.54) is 11.1 Å². The van der Waals surface area contributed by atoms with Crippen molar-refractivity contribution in [3.63, 3.8) is 0 Å². The summed E-state index contributed by atoms with van der Waals surface area (Å²) >= 11 is 0. The van der Waals surface area contributed by atoms with Crippen LogP contribution in [0.15, 0.2) is 24.4 Å². The zero-order chi connectivity index (χ0) is 23.4. The second-order valence-corrected chi connectivity index (χ2v) is 11.0. The lowest BCUT2D eigenvalue weighted by atomic mass is 9.83. The van der Waals surface area contributed by atoms with Crippen LogP contribution in [-0.4, -0.2) is 72.1 Å². The number of aliphatic hydroxyl groups excluding tert-OH is 1. The van der Waals surface area contributed by atoms with E-state index >= 15 is 0 Å². The smallest absolute Gasteiger partial charge is 0.229 e. The molecule has 1 aromatic heterocycles. The van der Waals surface area contributed by atoms with Crippen molar-refractivity contribution >= 4 is 22.5 Å². The number of ether oxygens (including phenoxy) is 2. The van der Waals surface area contributed by atoms with Gasteiger partial charge in [-0.2, -0.15) is 0 Å². The van der Waals surface area contributed by atoms with Crippen LogP contribution >= 0.6 is 0 Å². The third kappa shape index (κ3) is 3.83. The molecule has 2 aromatic rings. The summed E-state index contributed by atoms with van der Waals surface area (Å²) in [4.78, 5) is 19.7. The Kier molecular flexibility index (Phi) is 5.64. The highest BCUT2D eigenvalue weighted by molar-refractivity contribution is 5.96. The fourth-order valence-electron chi connectivity index (χ4n) is 6.59. The van der Waals surface area contributed by atoms with E-state index in [-0.39, 0.29) is 17.4 Å². The minimum absolute atomic E-state index is 0.0735. The van der Waals surface area contributed by atoms with Crippen LogP contribution in [0.25, 0.3) is 10.8 Å². The molecule has 2 N–H and O–H groups in total. The van der Waals surface area contributed by atoms with Gasteiger partial charge >= 0.3 is 0 Å². The molecule has 3 aliphatic heterocycles. The molecule has 5 unspecified atom stereocenters. The Morgan fingerprint density at radius 3 is 2.65 bits per heavy atom. The average molecular weight is 466 g/mol. The molecule has 0 spiro atoms. The topological polar surface area (TPSA) is 83.9 Å². The monoisotopic (exact) mass is 465 g/mol. The Hall–Kier alpha value is -2.06. The minimum Gasteiger partial charge on any atom is -0.389 e. The fourth-order valence-corrected chi connectivity index (χ4v) is 6.59. The van der Waals surface area contributed by atoms with Gasteiger partial charge in [0.1, 0.15) is 5.82 Å². The predicted molar refractivity (Wildman–Crippen MR) is 130 cm³/mol. The zero-order valence-electron chi connectivity index (χ0n) is 20.1. The Balaban J connectivity index is 1.16. The molecule has 1 amide bonds. The average Bonchev–Trinajstić information content (AvgIpc) is 3.48. The Morgan fingerprint density at radius 1 is 1.12 bits per heavy atom. The van der Waals surface area contributed by atoms with Crippen LogP contribution in [0.4, 0.5) is 5.82 Å². The lowest BCUT2D eigenvalue weighted by molar-refractivity contribution is -0.117. The minimum atomic E-state index is -0.417. The summed E-state index contributed by atoms with van der Waals surface area (Å²) < 4.78 is 11.1. The molecule has 4 heterocycles. The van der Waals surface area contributed by atoms with Gasteiger partial charge in [0.15, 0.2) is 0 Å². The number of rotatable bonds is 4. The first kappa shape index (κ1) is 22.4. The SMILES string of the molecule is Cc1cc2cnc(NC(=O)C3C4CCOCC43)cc2cc1C1CCN(C2(C)COCC2O)CC1. The summed E-state index contributed by atoms with van der Waals surface area (Å²) in [5.74, 6) is 2.14. The number of hydrogen-bond donors (Lipinski definition) is 2. The molecule has 4 fully saturated rings. The van der Waals surface area contributed by atoms with Gasteiger partial charge in [0.2, 0.25) is 5.91 Å². The van der Waals surface area contributed by atoms with E-state index in [9.17, 15) is 9.90 Å². The van der Waals surface area contributed by atoms with Crippen molar-refractivity contribution in [1.29, 1.82) is 0 Å². The van der Waals surface area contributed by atoms with Crippen molar-refractivity contribution in [1.82, 2.24) is 9.88 Å². The summed E-state index contributed by atoms with van der Waals surface area (Å²) in [5, 5.41) is 15.7. The number of carbonyl (C=O) groups is 1. The number of amides is 1. The van der Waals surface area contributed by atoms with Crippen molar-refractivity contribution < 1.29 is 19.4 Å². The molecule has 182 valence electrons. The first-order valence-corrected chi connectivity index (χ1v) is 12.7. The van der Waals surface area contributed by atoms with E-state index in [2.05, 4.69) is 41.2 Å². The van der Waals surface area contributed by atoms with Crippen LogP contribution < -0.4 is 5.32 Å². The summed E-state index contributed by atoms with van der Waals surface area (Å²) in [6, 6.07) is 6.53. The van der Waals surface area contributed by atoms with Crippen molar-refractivity contribution in [3.8, 4) is 0 Å². The third-order valence-electron chi connectivity index (χ3n) is 8.94. The summed E-state index contributed by atoms with van der Waals surface area (Å²) in [6.45, 7) is 8.75. The molecule has 7 nitrogen and oxygen atoms in total. The van der Waals surface area contributed by atoms with Gasteiger partial charge in [-0.3, -0.25) is 9.69 Å². The molecule has 4 aliphatic rings. The van der Waals surface area contributed by atoms with Crippen molar-refractivity contribution in [2.75, 3.05) is 44.8 Å². The highest BCUT2D eigenvalue weighted by Crippen LogP contribution is 2.51. The summed E-state index contributed by atoms with van der Waals surface area (Å²) in [7, 11) is 0. The number of pyridine rings is 1. The van der Waals surface area contributed by atoms with Gasteiger partial charge in [-0.15, -0.1) is 0 Å². The number of aromatic nitrogens is 1. The molecular weight excluding hydrogens is 430 g/mol. The maximum Gasteiger partial charge on any atom is 0.229 e. The normalized spacial score (nSPS) is 34.2. The molecule has 1 aromatic carbocycles. The van der Waals surface area contributed by atoms with E-state index < -0.39 is 6.10 Å². The second kappa shape index (κ2) is 8.55. The zero-order valence-corrected chi connectivity index (χ0v) is 20.1. The molecule has 5 atom stereocenters. The van der Waals surface area contributed by atoms with E-state index in [1.54, 1.807) is 0 Å². The van der Waals surface area contributed by atoms with Gasteiger partial charge in [-0.25, -0.2) is 4.98 Å². The van der Waals surface area contributed by atoms with Crippen LogP contribution in [0, 0.1) is 24.7 Å². The number of anilines is 1. The van der Waals surface area contributed by atoms with Crippen LogP contribution in [0.3, 0.4) is 0 Å². The lowest BCUT2D eigenvalue weighted by Gasteiger charge is -2.44. The van der Waals surface area contributed by atoms with Gasteiger partial charge in [0.25, 0.3) is 0 Å². The van der Waals surface area contributed by atoms with E-state index in [4.69, 9.17) is 9.47 Å². The first-order chi connectivity index (χ1) is 16.4. The van der Waals surface area contributed by atoms with E-state index in [0.717, 1.165) is 49.7 Å². The number of likely N-dealkylation sites (tertiary alicyclic amines) is 1. The lowest BCUT2D eigenvalue weighted by Crippen LogP contribution is -2.56. The van der Waals surface area contributed by atoms with Gasteiger partial charge in [0, 0.05) is 24.1 Å². The number of carbonyl (C=O) groups excluding carboxylic acids is 1. The van der Waals surface area contributed by atoms with Crippen molar-refractivity contribution in [2.45, 2.75) is 50.7 Å². The molecule has 1 saturated carbocycles. The van der Waals surface area contributed by atoms with Gasteiger partial charge in [-0.05, 0) is 92.6 Å². The molecule has 7 heteroatoms. The highest BCUT2D eigenvalue weighted by atomic mass is 16.5. The number of hydrogen-bond acceptors (Lipinski definition) is 6. The van der Waals surface area contributed by atoms with E-state index in [1.807, 2.05) is 12.3 Å². The van der Waals surface area contributed by atoms with E-state index in [0.29, 0.717) is 43.4 Å². The van der Waals surface area contributed by atoms with Gasteiger partial charge in [0.05, 0.1) is 31.5 Å². The van der Waals surface area contributed by atoms with Crippen molar-refractivity contribution in [3.05, 3.63) is 35.5 Å². The number of nitrogens with zero attached hydrogens (tertiary/aromatic N) is 2. The number of benzene rings is 1. The molecule has 34 heavy (non-hydrogen) atoms. The predicted octanol–water partition coefficient (Wildman–Crippen LogP) is 3.09. The van der Waals surface area contributed by atoms with Crippen LogP contribution in [0.5, 0.6) is 0 Å². The Labute approximate surface area is 200 Å². The molecule has 6 rings (SSSR count). The number of aliphatic hydroxyl groups is 1.